The summed E-state index contributed by atoms with van der Waals surface area (Å²) in [4.78, 5) is 4.46. The third-order valence-electron chi connectivity index (χ3n) is 2.83. The van der Waals surface area contributed by atoms with E-state index in [1.165, 1.54) is 11.1 Å². The molecule has 2 heteroatoms. The first-order chi connectivity index (χ1) is 7.84. The van der Waals surface area contributed by atoms with Crippen molar-refractivity contribution in [3.05, 3.63) is 65.2 Å². The molecule has 2 aromatic rings. The molecule has 1 nitrogen and oxygen atoms in total. The van der Waals surface area contributed by atoms with Crippen molar-refractivity contribution < 1.29 is 0 Å². The molecule has 1 aliphatic heterocycles. The van der Waals surface area contributed by atoms with E-state index in [-0.39, 0.29) is 0 Å². The molecule has 0 N–H and O–H groups in total. The number of aliphatic imine (C=N–C) groups is 1. The normalized spacial score (nSPS) is 13.4. The van der Waals surface area contributed by atoms with E-state index < -0.39 is 0 Å². The van der Waals surface area contributed by atoms with Crippen LogP contribution in [-0.2, 0) is 6.42 Å². The Morgan fingerprint density at radius 1 is 0.875 bits per heavy atom. The Bertz CT molecular complexity index is 572. The first-order valence-electron chi connectivity index (χ1n) is 5.25. The number of hydrogen-bond donors (Lipinski definition) is 0. The van der Waals surface area contributed by atoms with Crippen molar-refractivity contribution in [2.24, 2.45) is 4.99 Å². The molecule has 3 rings (SSSR count). The van der Waals surface area contributed by atoms with Crippen LogP contribution in [0.2, 0.25) is 0 Å². The van der Waals surface area contributed by atoms with Crippen molar-refractivity contribution in [2.45, 2.75) is 6.42 Å². The third-order valence-corrected chi connectivity index (χ3v) is 3.12. The number of rotatable bonds is 0. The highest BCUT2D eigenvalue weighted by Crippen LogP contribution is 2.29. The van der Waals surface area contributed by atoms with Gasteiger partial charge in [0.1, 0.15) is 5.17 Å². The molecule has 1 heterocycles. The van der Waals surface area contributed by atoms with Crippen molar-refractivity contribution in [3.63, 3.8) is 0 Å². The maximum absolute atomic E-state index is 6.23. The van der Waals surface area contributed by atoms with Crippen LogP contribution in [0.15, 0.2) is 53.5 Å². The van der Waals surface area contributed by atoms with E-state index >= 15 is 0 Å². The van der Waals surface area contributed by atoms with E-state index in [1.54, 1.807) is 0 Å². The van der Waals surface area contributed by atoms with E-state index in [1.807, 2.05) is 36.4 Å². The SMILES string of the molecule is ClC1=Nc2ccccc2Cc2ccccc21. The Kier molecular flexibility index (Phi) is 2.26. The topological polar surface area (TPSA) is 12.4 Å². The molecule has 0 bridgehead atoms. The molecule has 0 fully saturated rings. The molecule has 16 heavy (non-hydrogen) atoms. The average Bonchev–Trinajstić information content (AvgIpc) is 2.45. The Morgan fingerprint density at radius 3 is 2.44 bits per heavy atom. The Balaban J connectivity index is 2.25. The lowest BCUT2D eigenvalue weighted by Crippen LogP contribution is -1.95. The molecule has 0 saturated heterocycles. The van der Waals surface area contributed by atoms with Crippen LogP contribution in [0, 0.1) is 0 Å². The number of halogens is 1. The highest BCUT2D eigenvalue weighted by Gasteiger charge is 2.13. The van der Waals surface area contributed by atoms with Crippen molar-refractivity contribution in [1.82, 2.24) is 0 Å². The lowest BCUT2D eigenvalue weighted by molar-refractivity contribution is 1.19. The van der Waals surface area contributed by atoms with Crippen LogP contribution in [0.3, 0.4) is 0 Å². The molecule has 0 atom stereocenters. The van der Waals surface area contributed by atoms with Crippen molar-refractivity contribution in [2.75, 3.05) is 0 Å². The van der Waals surface area contributed by atoms with E-state index in [2.05, 4.69) is 17.1 Å². The molecule has 0 aliphatic carbocycles. The van der Waals surface area contributed by atoms with Crippen molar-refractivity contribution >= 4 is 22.5 Å². The molecule has 0 amide bonds. The summed E-state index contributed by atoms with van der Waals surface area (Å²) in [5.74, 6) is 0. The van der Waals surface area contributed by atoms with Gasteiger partial charge >= 0.3 is 0 Å². The molecule has 0 saturated carbocycles. The fourth-order valence-electron chi connectivity index (χ4n) is 2.02. The van der Waals surface area contributed by atoms with Gasteiger partial charge in [-0.2, -0.15) is 0 Å². The van der Waals surface area contributed by atoms with E-state index in [9.17, 15) is 0 Å². The lowest BCUT2D eigenvalue weighted by atomic mass is 10.0. The molecule has 1 aliphatic rings. The van der Waals surface area contributed by atoms with Gasteiger partial charge in [-0.15, -0.1) is 0 Å². The second kappa shape index (κ2) is 3.76. The zero-order valence-electron chi connectivity index (χ0n) is 8.65. The second-order valence-corrected chi connectivity index (χ2v) is 4.22. The van der Waals surface area contributed by atoms with Crippen LogP contribution in [-0.4, -0.2) is 5.17 Å². The molecule has 0 aromatic heterocycles. The number of para-hydroxylation sites is 1. The van der Waals surface area contributed by atoms with Gasteiger partial charge in [0.05, 0.1) is 5.69 Å². The van der Waals surface area contributed by atoms with Gasteiger partial charge in [0.15, 0.2) is 0 Å². The lowest BCUT2D eigenvalue weighted by Gasteiger charge is -2.04. The third kappa shape index (κ3) is 1.54. The zero-order chi connectivity index (χ0) is 11.0. The first-order valence-corrected chi connectivity index (χ1v) is 5.63. The maximum Gasteiger partial charge on any atom is 0.137 e. The standard InChI is InChI=1S/C14H10ClN/c15-14-12-7-3-1-5-10(12)9-11-6-2-4-8-13(11)16-14/h1-8H,9H2. The molecule has 0 spiro atoms. The van der Waals surface area contributed by atoms with Crippen LogP contribution >= 0.6 is 11.6 Å². The second-order valence-electron chi connectivity index (χ2n) is 3.87. The smallest absolute Gasteiger partial charge is 0.137 e. The largest absolute Gasteiger partial charge is 0.236 e. The molecule has 0 unspecified atom stereocenters. The highest BCUT2D eigenvalue weighted by molar-refractivity contribution is 6.70. The molecular weight excluding hydrogens is 218 g/mol. The van der Waals surface area contributed by atoms with Crippen LogP contribution in [0.1, 0.15) is 16.7 Å². The molecule has 78 valence electrons. The van der Waals surface area contributed by atoms with Gasteiger partial charge in [-0.1, -0.05) is 54.1 Å². The van der Waals surface area contributed by atoms with Crippen LogP contribution in [0.4, 0.5) is 5.69 Å². The molecule has 0 radical (unpaired) electrons. The first kappa shape index (κ1) is 9.61. The van der Waals surface area contributed by atoms with E-state index in [4.69, 9.17) is 11.6 Å². The molecule has 2 aromatic carbocycles. The Morgan fingerprint density at radius 2 is 1.56 bits per heavy atom. The van der Waals surface area contributed by atoms with Gasteiger partial charge in [0.2, 0.25) is 0 Å². The minimum atomic E-state index is 0.584. The Hall–Kier alpha value is -1.60. The van der Waals surface area contributed by atoms with Crippen molar-refractivity contribution in [3.8, 4) is 0 Å². The minimum absolute atomic E-state index is 0.584. The summed E-state index contributed by atoms with van der Waals surface area (Å²) in [6, 6.07) is 16.3. The summed E-state index contributed by atoms with van der Waals surface area (Å²) < 4.78 is 0. The summed E-state index contributed by atoms with van der Waals surface area (Å²) in [6.07, 6.45) is 0.895. The van der Waals surface area contributed by atoms with E-state index in [0.29, 0.717) is 5.17 Å². The number of hydrogen-bond acceptors (Lipinski definition) is 1. The summed E-state index contributed by atoms with van der Waals surface area (Å²) >= 11 is 6.23. The monoisotopic (exact) mass is 227 g/mol. The quantitative estimate of drug-likeness (QED) is 0.647. The average molecular weight is 228 g/mol. The van der Waals surface area contributed by atoms with Crippen LogP contribution < -0.4 is 0 Å². The van der Waals surface area contributed by atoms with Gasteiger partial charge in [-0.3, -0.25) is 0 Å². The van der Waals surface area contributed by atoms with Gasteiger partial charge in [-0.05, 0) is 17.2 Å². The fraction of sp³-hybridized carbons (Fsp3) is 0.0714. The van der Waals surface area contributed by atoms with Gasteiger partial charge < -0.3 is 0 Å². The zero-order valence-corrected chi connectivity index (χ0v) is 9.41. The summed E-state index contributed by atoms with van der Waals surface area (Å²) in [5.41, 5.74) is 4.48. The van der Waals surface area contributed by atoms with Gasteiger partial charge in [-0.25, -0.2) is 4.99 Å². The summed E-state index contributed by atoms with van der Waals surface area (Å²) in [6.45, 7) is 0. The number of fused-ring (bicyclic) bond motifs is 2. The highest BCUT2D eigenvalue weighted by atomic mass is 35.5. The van der Waals surface area contributed by atoms with Crippen LogP contribution in [0.25, 0.3) is 0 Å². The predicted molar refractivity (Wildman–Crippen MR) is 67.7 cm³/mol. The fourth-order valence-corrected chi connectivity index (χ4v) is 2.29. The van der Waals surface area contributed by atoms with E-state index in [0.717, 1.165) is 17.7 Å². The van der Waals surface area contributed by atoms with Gasteiger partial charge in [0, 0.05) is 12.0 Å². The molecular formula is C14H10ClN. The summed E-state index contributed by atoms with van der Waals surface area (Å²) in [7, 11) is 0. The number of benzene rings is 2. The predicted octanol–water partition coefficient (Wildman–Crippen LogP) is 3.91. The minimum Gasteiger partial charge on any atom is -0.236 e. The maximum atomic E-state index is 6.23. The summed E-state index contributed by atoms with van der Waals surface area (Å²) in [5, 5.41) is 0.584. The van der Waals surface area contributed by atoms with Crippen molar-refractivity contribution in [1.29, 1.82) is 0 Å². The van der Waals surface area contributed by atoms with Crippen LogP contribution in [0.5, 0.6) is 0 Å². The Labute approximate surface area is 99.4 Å². The number of nitrogens with zero attached hydrogens (tertiary/aromatic N) is 1. The van der Waals surface area contributed by atoms with Gasteiger partial charge in [0.25, 0.3) is 0 Å².